The van der Waals surface area contributed by atoms with Crippen molar-refractivity contribution in [2.45, 2.75) is 26.3 Å². The van der Waals surface area contributed by atoms with Crippen molar-refractivity contribution in [2.24, 2.45) is 0 Å². The predicted octanol–water partition coefficient (Wildman–Crippen LogP) is 4.45. The molecule has 19 heavy (non-hydrogen) atoms. The van der Waals surface area contributed by atoms with Crippen molar-refractivity contribution in [1.82, 2.24) is 10.3 Å². The van der Waals surface area contributed by atoms with Crippen LogP contribution in [-0.2, 0) is 6.54 Å². The Morgan fingerprint density at radius 1 is 1.42 bits per heavy atom. The van der Waals surface area contributed by atoms with E-state index in [1.165, 1.54) is 10.9 Å². The maximum Gasteiger partial charge on any atom is 0.141 e. The monoisotopic (exact) mass is 298 g/mol. The number of halogens is 2. The van der Waals surface area contributed by atoms with Gasteiger partial charge in [-0.15, -0.1) is 11.3 Å². The summed E-state index contributed by atoms with van der Waals surface area (Å²) in [5.74, 6) is -0.0363. The van der Waals surface area contributed by atoms with Gasteiger partial charge < -0.3 is 5.32 Å². The van der Waals surface area contributed by atoms with Crippen LogP contribution < -0.4 is 5.32 Å². The molecule has 0 fully saturated rings. The minimum atomic E-state index is -0.401. The first kappa shape index (κ1) is 14.4. The first-order valence-electron chi connectivity index (χ1n) is 6.12. The number of rotatable bonds is 4. The highest BCUT2D eigenvalue weighted by atomic mass is 35.5. The molecule has 0 spiro atoms. The second-order valence-electron chi connectivity index (χ2n) is 4.64. The summed E-state index contributed by atoms with van der Waals surface area (Å²) in [6.07, 6.45) is 0. The zero-order valence-corrected chi connectivity index (χ0v) is 12.7. The van der Waals surface area contributed by atoms with Gasteiger partial charge in [0.1, 0.15) is 10.8 Å². The summed E-state index contributed by atoms with van der Waals surface area (Å²) in [7, 11) is 1.91. The Morgan fingerprint density at radius 2 is 2.16 bits per heavy atom. The maximum atomic E-state index is 13.2. The number of aromatic nitrogens is 1. The number of nitrogens with zero attached hydrogens (tertiary/aromatic N) is 1. The van der Waals surface area contributed by atoms with Crippen LogP contribution in [0.3, 0.4) is 0 Å². The summed E-state index contributed by atoms with van der Waals surface area (Å²) in [6.45, 7) is 5.03. The van der Waals surface area contributed by atoms with Crippen LogP contribution in [0.25, 0.3) is 10.6 Å². The lowest BCUT2D eigenvalue weighted by molar-refractivity contribution is 0.628. The van der Waals surface area contributed by atoms with Crippen molar-refractivity contribution in [1.29, 1.82) is 0 Å². The molecule has 0 aliphatic rings. The zero-order chi connectivity index (χ0) is 14.0. The molecule has 2 nitrogen and oxygen atoms in total. The highest BCUT2D eigenvalue weighted by molar-refractivity contribution is 7.15. The van der Waals surface area contributed by atoms with E-state index < -0.39 is 5.82 Å². The lowest BCUT2D eigenvalue weighted by Crippen LogP contribution is -2.06. The molecule has 0 bridgehead atoms. The predicted molar refractivity (Wildman–Crippen MR) is 79.4 cm³/mol. The second-order valence-corrected chi connectivity index (χ2v) is 6.13. The average Bonchev–Trinajstić information content (AvgIpc) is 2.77. The van der Waals surface area contributed by atoms with Gasteiger partial charge in [-0.1, -0.05) is 25.4 Å². The molecule has 102 valence electrons. The smallest absolute Gasteiger partial charge is 0.141 e. The highest BCUT2D eigenvalue weighted by Crippen LogP contribution is 2.33. The molecule has 1 heterocycles. The van der Waals surface area contributed by atoms with E-state index in [2.05, 4.69) is 24.1 Å². The third-order valence-electron chi connectivity index (χ3n) is 2.78. The molecule has 1 aromatic carbocycles. The number of nitrogens with one attached hydrogen (secondary N) is 1. The van der Waals surface area contributed by atoms with Crippen molar-refractivity contribution in [3.8, 4) is 10.6 Å². The lowest BCUT2D eigenvalue weighted by Gasteiger charge is -2.03. The fourth-order valence-electron chi connectivity index (χ4n) is 1.85. The van der Waals surface area contributed by atoms with E-state index in [4.69, 9.17) is 11.6 Å². The lowest BCUT2D eigenvalue weighted by atomic mass is 10.1. The normalized spacial score (nSPS) is 11.3. The third kappa shape index (κ3) is 3.14. The van der Waals surface area contributed by atoms with E-state index >= 15 is 0 Å². The number of thiazole rings is 1. The Morgan fingerprint density at radius 3 is 2.74 bits per heavy atom. The minimum Gasteiger partial charge on any atom is -0.315 e. The summed E-state index contributed by atoms with van der Waals surface area (Å²) in [5, 5.41) is 4.17. The van der Waals surface area contributed by atoms with Crippen molar-refractivity contribution in [3.63, 3.8) is 0 Å². The Balaban J connectivity index is 2.44. The molecular formula is C14H16ClFN2S. The molecule has 0 unspecified atom stereocenters. The zero-order valence-electron chi connectivity index (χ0n) is 11.1. The van der Waals surface area contributed by atoms with Crippen LogP contribution in [0.4, 0.5) is 4.39 Å². The summed E-state index contributed by atoms with van der Waals surface area (Å²) in [4.78, 5) is 5.88. The van der Waals surface area contributed by atoms with Crippen LogP contribution in [-0.4, -0.2) is 12.0 Å². The van der Waals surface area contributed by atoms with E-state index in [-0.39, 0.29) is 5.02 Å². The Bertz CT molecular complexity index is 581. The first-order chi connectivity index (χ1) is 9.02. The van der Waals surface area contributed by atoms with Crippen LogP contribution in [0.2, 0.25) is 5.02 Å². The Hall–Kier alpha value is -0.970. The topological polar surface area (TPSA) is 24.9 Å². The van der Waals surface area contributed by atoms with Crippen LogP contribution in [0.5, 0.6) is 0 Å². The number of hydrogen-bond acceptors (Lipinski definition) is 3. The van der Waals surface area contributed by atoms with Gasteiger partial charge in [-0.2, -0.15) is 0 Å². The number of benzene rings is 1. The SMILES string of the molecule is CNCc1sc(-c2ccc(F)c(Cl)c2)nc1C(C)C. The molecule has 0 aliphatic carbocycles. The molecule has 0 aliphatic heterocycles. The standard InChI is InChI=1S/C14H16ClFN2S/c1-8(2)13-12(7-17-3)19-14(18-13)9-4-5-11(16)10(15)6-9/h4-6,8,17H,7H2,1-3H3. The average molecular weight is 299 g/mol. The third-order valence-corrected chi connectivity index (χ3v) is 4.19. The largest absolute Gasteiger partial charge is 0.315 e. The molecule has 0 saturated heterocycles. The quantitative estimate of drug-likeness (QED) is 0.902. The van der Waals surface area contributed by atoms with Gasteiger partial charge in [0.15, 0.2) is 0 Å². The molecule has 1 aromatic heterocycles. The van der Waals surface area contributed by atoms with Gasteiger partial charge in [-0.3, -0.25) is 0 Å². The van der Waals surface area contributed by atoms with Crippen LogP contribution in [0.1, 0.15) is 30.3 Å². The first-order valence-corrected chi connectivity index (χ1v) is 7.32. The van der Waals surface area contributed by atoms with Crippen molar-refractivity contribution in [2.75, 3.05) is 7.05 Å². The fraction of sp³-hybridized carbons (Fsp3) is 0.357. The molecule has 0 saturated carbocycles. The van der Waals surface area contributed by atoms with E-state index in [1.807, 2.05) is 7.05 Å². The van der Waals surface area contributed by atoms with E-state index in [1.54, 1.807) is 23.5 Å². The summed E-state index contributed by atoms with van der Waals surface area (Å²) in [5.41, 5.74) is 1.95. The molecule has 2 rings (SSSR count). The van der Waals surface area contributed by atoms with E-state index in [0.29, 0.717) is 5.92 Å². The van der Waals surface area contributed by atoms with Gasteiger partial charge in [-0.05, 0) is 31.2 Å². The Labute approximate surface area is 121 Å². The number of hydrogen-bond donors (Lipinski definition) is 1. The molecule has 0 radical (unpaired) electrons. The van der Waals surface area contributed by atoms with Gasteiger partial charge in [0.25, 0.3) is 0 Å². The van der Waals surface area contributed by atoms with Crippen LogP contribution in [0.15, 0.2) is 18.2 Å². The van der Waals surface area contributed by atoms with Crippen LogP contribution >= 0.6 is 22.9 Å². The van der Waals surface area contributed by atoms with Gasteiger partial charge in [0, 0.05) is 17.0 Å². The molecule has 5 heteroatoms. The summed E-state index contributed by atoms with van der Waals surface area (Å²) >= 11 is 7.45. The van der Waals surface area contributed by atoms with Crippen LogP contribution in [0, 0.1) is 5.82 Å². The van der Waals surface area contributed by atoms with E-state index in [9.17, 15) is 4.39 Å². The van der Waals surface area contributed by atoms with Crippen molar-refractivity contribution < 1.29 is 4.39 Å². The van der Waals surface area contributed by atoms with Crippen molar-refractivity contribution in [3.05, 3.63) is 39.6 Å². The minimum absolute atomic E-state index is 0.133. The second kappa shape index (κ2) is 5.99. The van der Waals surface area contributed by atoms with E-state index in [0.717, 1.165) is 22.8 Å². The van der Waals surface area contributed by atoms with Crippen molar-refractivity contribution >= 4 is 22.9 Å². The molecule has 0 amide bonds. The highest BCUT2D eigenvalue weighted by Gasteiger charge is 2.15. The molecular weight excluding hydrogens is 283 g/mol. The summed E-state index contributed by atoms with van der Waals surface area (Å²) in [6, 6.07) is 4.72. The Kier molecular flexibility index (Phi) is 4.55. The van der Waals surface area contributed by atoms with Gasteiger partial charge in [0.2, 0.25) is 0 Å². The summed E-state index contributed by atoms with van der Waals surface area (Å²) < 4.78 is 13.2. The molecule has 2 aromatic rings. The van der Waals surface area contributed by atoms with Gasteiger partial charge in [-0.25, -0.2) is 9.37 Å². The maximum absolute atomic E-state index is 13.2. The fourth-order valence-corrected chi connectivity index (χ4v) is 3.26. The van der Waals surface area contributed by atoms with Gasteiger partial charge in [0.05, 0.1) is 10.7 Å². The molecule has 0 atom stereocenters. The molecule has 1 N–H and O–H groups in total. The van der Waals surface area contributed by atoms with Gasteiger partial charge >= 0.3 is 0 Å².